The minimum atomic E-state index is -0.714. The third-order valence-electron chi connectivity index (χ3n) is 3.29. The first-order chi connectivity index (χ1) is 9.18. The maximum absolute atomic E-state index is 10.4. The molecular weight excluding hydrogens is 240 g/mol. The summed E-state index contributed by atoms with van der Waals surface area (Å²) in [6.07, 6.45) is 4.04. The number of aryl methyl sites for hydroxylation is 1. The number of para-hydroxylation sites is 1. The summed E-state index contributed by atoms with van der Waals surface area (Å²) < 4.78 is 2.14. The quantitative estimate of drug-likeness (QED) is 0.752. The molecule has 0 radical (unpaired) electrons. The molecule has 102 valence electrons. The van der Waals surface area contributed by atoms with E-state index in [9.17, 15) is 4.79 Å². The van der Waals surface area contributed by atoms with Crippen LogP contribution in [0.1, 0.15) is 24.8 Å². The Morgan fingerprint density at radius 3 is 2.89 bits per heavy atom. The van der Waals surface area contributed by atoms with Gasteiger partial charge in [0.05, 0.1) is 0 Å². The van der Waals surface area contributed by atoms with Crippen LogP contribution in [0.2, 0.25) is 0 Å². The molecule has 0 aliphatic heterocycles. The Morgan fingerprint density at radius 2 is 2.11 bits per heavy atom. The zero-order valence-corrected chi connectivity index (χ0v) is 11.2. The smallest absolute Gasteiger partial charge is 0.303 e. The molecule has 0 aliphatic rings. The van der Waals surface area contributed by atoms with E-state index in [1.807, 2.05) is 6.07 Å². The molecule has 0 aliphatic carbocycles. The van der Waals surface area contributed by atoms with Crippen LogP contribution in [-0.4, -0.2) is 22.2 Å². The van der Waals surface area contributed by atoms with Crippen molar-refractivity contribution in [2.24, 2.45) is 7.05 Å². The summed E-state index contributed by atoms with van der Waals surface area (Å²) in [7, 11) is 2.05. The summed E-state index contributed by atoms with van der Waals surface area (Å²) in [4.78, 5) is 10.4. The van der Waals surface area contributed by atoms with Gasteiger partial charge in [0.25, 0.3) is 0 Å². The Hall–Kier alpha value is -1.81. The zero-order chi connectivity index (χ0) is 13.7. The van der Waals surface area contributed by atoms with Crippen LogP contribution in [0.5, 0.6) is 0 Å². The van der Waals surface area contributed by atoms with E-state index in [2.05, 4.69) is 41.3 Å². The summed E-state index contributed by atoms with van der Waals surface area (Å²) in [6, 6.07) is 8.35. The molecule has 0 saturated carbocycles. The molecule has 1 heterocycles. The van der Waals surface area contributed by atoms with E-state index in [1.54, 1.807) is 0 Å². The Balaban J connectivity index is 1.83. The summed E-state index contributed by atoms with van der Waals surface area (Å²) in [5, 5.41) is 13.2. The fourth-order valence-corrected chi connectivity index (χ4v) is 2.32. The summed E-state index contributed by atoms with van der Waals surface area (Å²) in [5.74, 6) is -0.714. The second-order valence-corrected chi connectivity index (χ2v) is 4.81. The molecule has 0 fully saturated rings. The molecule has 2 aromatic rings. The molecule has 0 unspecified atom stereocenters. The van der Waals surface area contributed by atoms with Crippen LogP contribution in [-0.2, 0) is 18.4 Å². The lowest BCUT2D eigenvalue weighted by atomic mass is 10.2. The van der Waals surface area contributed by atoms with Gasteiger partial charge in [-0.25, -0.2) is 0 Å². The van der Waals surface area contributed by atoms with Crippen LogP contribution in [0.25, 0.3) is 10.9 Å². The monoisotopic (exact) mass is 260 g/mol. The van der Waals surface area contributed by atoms with Crippen LogP contribution < -0.4 is 5.32 Å². The van der Waals surface area contributed by atoms with Gasteiger partial charge < -0.3 is 15.0 Å². The van der Waals surface area contributed by atoms with E-state index in [0.717, 1.165) is 25.9 Å². The number of nitrogens with one attached hydrogen (secondary N) is 1. The maximum Gasteiger partial charge on any atom is 0.303 e. The van der Waals surface area contributed by atoms with Crippen molar-refractivity contribution in [1.29, 1.82) is 0 Å². The number of hydrogen-bond acceptors (Lipinski definition) is 2. The molecule has 0 spiro atoms. The van der Waals surface area contributed by atoms with Gasteiger partial charge in [-0.05, 0) is 31.0 Å². The predicted octanol–water partition coefficient (Wildman–Crippen LogP) is 2.52. The van der Waals surface area contributed by atoms with Gasteiger partial charge in [-0.1, -0.05) is 18.2 Å². The van der Waals surface area contributed by atoms with E-state index in [-0.39, 0.29) is 6.42 Å². The Morgan fingerprint density at radius 1 is 1.32 bits per heavy atom. The summed E-state index contributed by atoms with van der Waals surface area (Å²) in [5.41, 5.74) is 2.53. The standard InChI is InChI=1S/C15H20N2O2/c1-17-11-12(13-6-2-3-7-14(13)17)10-16-9-5-4-8-15(18)19/h2-3,6-7,11,16H,4-5,8-10H2,1H3,(H,18,19). The number of aromatic nitrogens is 1. The first-order valence-corrected chi connectivity index (χ1v) is 6.64. The van der Waals surface area contributed by atoms with Crippen molar-refractivity contribution in [3.63, 3.8) is 0 Å². The van der Waals surface area contributed by atoms with Crippen molar-refractivity contribution in [1.82, 2.24) is 9.88 Å². The zero-order valence-electron chi connectivity index (χ0n) is 11.2. The summed E-state index contributed by atoms with van der Waals surface area (Å²) >= 11 is 0. The molecule has 1 aromatic heterocycles. The molecule has 0 bridgehead atoms. The second-order valence-electron chi connectivity index (χ2n) is 4.81. The van der Waals surface area contributed by atoms with Crippen molar-refractivity contribution in [2.75, 3.05) is 6.54 Å². The van der Waals surface area contributed by atoms with Crippen molar-refractivity contribution >= 4 is 16.9 Å². The normalized spacial score (nSPS) is 11.0. The Kier molecular flexibility index (Phi) is 4.58. The predicted molar refractivity (Wildman–Crippen MR) is 76.1 cm³/mol. The number of hydrogen-bond donors (Lipinski definition) is 2. The minimum absolute atomic E-state index is 0.260. The van der Waals surface area contributed by atoms with Crippen LogP contribution in [0.4, 0.5) is 0 Å². The molecule has 0 amide bonds. The van der Waals surface area contributed by atoms with Gasteiger partial charge in [0.2, 0.25) is 0 Å². The Labute approximate surface area is 113 Å². The first kappa shape index (κ1) is 13.6. The van der Waals surface area contributed by atoms with Crippen molar-refractivity contribution in [2.45, 2.75) is 25.8 Å². The highest BCUT2D eigenvalue weighted by Crippen LogP contribution is 2.19. The van der Waals surface area contributed by atoms with Crippen molar-refractivity contribution in [3.8, 4) is 0 Å². The number of carbonyl (C=O) groups is 1. The summed E-state index contributed by atoms with van der Waals surface area (Å²) in [6.45, 7) is 1.69. The number of rotatable bonds is 7. The molecule has 0 atom stereocenters. The second kappa shape index (κ2) is 6.38. The highest BCUT2D eigenvalue weighted by atomic mass is 16.4. The number of aliphatic carboxylic acids is 1. The van der Waals surface area contributed by atoms with E-state index >= 15 is 0 Å². The van der Waals surface area contributed by atoms with E-state index in [1.165, 1.54) is 16.5 Å². The molecule has 2 N–H and O–H groups in total. The lowest BCUT2D eigenvalue weighted by molar-refractivity contribution is -0.137. The minimum Gasteiger partial charge on any atom is -0.481 e. The van der Waals surface area contributed by atoms with E-state index < -0.39 is 5.97 Å². The number of carboxylic acid groups (broad SMARTS) is 1. The van der Waals surface area contributed by atoms with E-state index in [4.69, 9.17) is 5.11 Å². The lowest BCUT2D eigenvalue weighted by Crippen LogP contribution is -2.14. The topological polar surface area (TPSA) is 54.3 Å². The average molecular weight is 260 g/mol. The number of unbranched alkanes of at least 4 members (excludes halogenated alkanes) is 1. The number of carboxylic acids is 1. The molecule has 1 aromatic carbocycles. The van der Waals surface area contributed by atoms with Gasteiger partial charge in [0, 0.05) is 37.1 Å². The molecule has 4 heteroatoms. The first-order valence-electron chi connectivity index (χ1n) is 6.64. The molecule has 4 nitrogen and oxygen atoms in total. The lowest BCUT2D eigenvalue weighted by Gasteiger charge is -2.03. The van der Waals surface area contributed by atoms with Crippen LogP contribution >= 0.6 is 0 Å². The van der Waals surface area contributed by atoms with Gasteiger partial charge in [-0.15, -0.1) is 0 Å². The molecular formula is C15H20N2O2. The van der Waals surface area contributed by atoms with Crippen molar-refractivity contribution < 1.29 is 9.90 Å². The van der Waals surface area contributed by atoms with Gasteiger partial charge in [-0.2, -0.15) is 0 Å². The van der Waals surface area contributed by atoms with E-state index in [0.29, 0.717) is 0 Å². The highest BCUT2D eigenvalue weighted by Gasteiger charge is 2.04. The highest BCUT2D eigenvalue weighted by molar-refractivity contribution is 5.83. The third kappa shape index (κ3) is 3.58. The average Bonchev–Trinajstić information content (AvgIpc) is 2.71. The Bertz CT molecular complexity index is 560. The van der Waals surface area contributed by atoms with Crippen LogP contribution in [0.3, 0.4) is 0 Å². The van der Waals surface area contributed by atoms with Gasteiger partial charge >= 0.3 is 5.97 Å². The van der Waals surface area contributed by atoms with Crippen LogP contribution in [0.15, 0.2) is 30.5 Å². The molecule has 2 rings (SSSR count). The molecule has 0 saturated heterocycles. The largest absolute Gasteiger partial charge is 0.481 e. The number of fused-ring (bicyclic) bond motifs is 1. The fourth-order valence-electron chi connectivity index (χ4n) is 2.32. The van der Waals surface area contributed by atoms with Crippen LogP contribution in [0, 0.1) is 0 Å². The number of benzene rings is 1. The third-order valence-corrected chi connectivity index (χ3v) is 3.29. The fraction of sp³-hybridized carbons (Fsp3) is 0.400. The van der Waals surface area contributed by atoms with Gasteiger partial charge in [0.15, 0.2) is 0 Å². The van der Waals surface area contributed by atoms with Gasteiger partial charge in [0.1, 0.15) is 0 Å². The SMILES string of the molecule is Cn1cc(CNCCCCC(=O)O)c2ccccc21. The van der Waals surface area contributed by atoms with Crippen molar-refractivity contribution in [3.05, 3.63) is 36.0 Å². The number of nitrogens with zero attached hydrogens (tertiary/aromatic N) is 1. The van der Waals surface area contributed by atoms with Gasteiger partial charge in [-0.3, -0.25) is 4.79 Å². The maximum atomic E-state index is 10.4. The molecule has 19 heavy (non-hydrogen) atoms.